The highest BCUT2D eigenvalue weighted by molar-refractivity contribution is 5.75. The van der Waals surface area contributed by atoms with Crippen LogP contribution >= 0.6 is 0 Å². The molecule has 61 valence electrons. The van der Waals surface area contributed by atoms with Gasteiger partial charge in [0.25, 0.3) is 0 Å². The van der Waals surface area contributed by atoms with Crippen molar-refractivity contribution in [1.29, 1.82) is 0 Å². The number of hydrogen-bond acceptors (Lipinski definition) is 0. The molecule has 0 amide bonds. The lowest BCUT2D eigenvalue weighted by Crippen LogP contribution is -2.37. The van der Waals surface area contributed by atoms with Gasteiger partial charge >= 0.3 is 0 Å². The molecule has 4 aliphatic carbocycles. The highest BCUT2D eigenvalue weighted by atomic mass is 27.0. The Balaban J connectivity index is 0.000000480. The van der Waals surface area contributed by atoms with Crippen molar-refractivity contribution in [1.82, 2.24) is 0 Å². The summed E-state index contributed by atoms with van der Waals surface area (Å²) in [6, 6.07) is 0. The minimum Gasteiger partial charge on any atom is -0.0475 e. The van der Waals surface area contributed by atoms with E-state index in [-0.39, 0.29) is 17.4 Å². The molecule has 0 saturated heterocycles. The van der Waals surface area contributed by atoms with Gasteiger partial charge in [-0.2, -0.15) is 0 Å². The second kappa shape index (κ2) is 2.79. The van der Waals surface area contributed by atoms with Gasteiger partial charge in [0.05, 0.1) is 0 Å². The summed E-state index contributed by atoms with van der Waals surface area (Å²) < 4.78 is 0. The van der Waals surface area contributed by atoms with Crippen molar-refractivity contribution in [2.75, 3.05) is 0 Å². The zero-order chi connectivity index (χ0) is 6.55. The van der Waals surface area contributed by atoms with Gasteiger partial charge < -0.3 is 0 Å². The third kappa shape index (κ3) is 1.27. The number of hydrogen-bond donors (Lipinski definition) is 0. The molecule has 4 saturated carbocycles. The fourth-order valence-electron chi connectivity index (χ4n) is 3.68. The highest BCUT2D eigenvalue weighted by Crippen LogP contribution is 2.54. The molecule has 4 bridgehead atoms. The molecule has 0 aromatic rings. The zero-order valence-electron chi connectivity index (χ0n) is 6.47. The van der Waals surface area contributed by atoms with E-state index in [1.807, 2.05) is 5.92 Å². The van der Waals surface area contributed by atoms with E-state index in [1.54, 1.807) is 19.3 Å². The summed E-state index contributed by atoms with van der Waals surface area (Å²) in [6.45, 7) is 0. The van der Waals surface area contributed by atoms with E-state index < -0.39 is 0 Å². The first-order chi connectivity index (χ1) is 4.90. The molecule has 0 nitrogen and oxygen atoms in total. The molecule has 0 heterocycles. The molecule has 0 spiro atoms. The van der Waals surface area contributed by atoms with E-state index in [1.165, 1.54) is 19.3 Å². The monoisotopic (exact) mass is 165 g/mol. The molecule has 0 unspecified atom stereocenters. The Hall–Kier alpha value is 0.532. The number of rotatable bonds is 0. The Kier molecular flexibility index (Phi) is 2.06. The largest absolute Gasteiger partial charge is 0.187 e. The van der Waals surface area contributed by atoms with Crippen molar-refractivity contribution < 1.29 is 0 Å². The van der Waals surface area contributed by atoms with Crippen molar-refractivity contribution in [3.63, 3.8) is 0 Å². The van der Waals surface area contributed by atoms with E-state index in [4.69, 9.17) is 0 Å². The molecular formula is C10H18Al. The standard InChI is InChI=1S/C10H15.Al.3H/c1-7-2-9-4-8(1)5-10(3-7)6-9;;;;/h7-9H,1-6H2;;;;. The Morgan fingerprint density at radius 2 is 1.09 bits per heavy atom. The second-order valence-corrected chi connectivity index (χ2v) is 4.67. The van der Waals surface area contributed by atoms with Gasteiger partial charge in [0.2, 0.25) is 0 Å². The molecule has 0 N–H and O–H groups in total. The average Bonchev–Trinajstić information content (AvgIpc) is 1.82. The smallest absolute Gasteiger partial charge is 0.0475 e. The fourth-order valence-corrected chi connectivity index (χ4v) is 3.68. The van der Waals surface area contributed by atoms with Crippen molar-refractivity contribution in [2.45, 2.75) is 38.5 Å². The lowest BCUT2D eigenvalue weighted by atomic mass is 9.56. The van der Waals surface area contributed by atoms with E-state index in [2.05, 4.69) is 0 Å². The molecule has 0 aromatic heterocycles. The van der Waals surface area contributed by atoms with Gasteiger partial charge in [0.1, 0.15) is 0 Å². The summed E-state index contributed by atoms with van der Waals surface area (Å²) in [6.07, 6.45) is 9.31. The molecular weight excluding hydrogens is 147 g/mol. The van der Waals surface area contributed by atoms with Crippen molar-refractivity contribution in [3.8, 4) is 0 Å². The van der Waals surface area contributed by atoms with E-state index in [9.17, 15) is 0 Å². The normalized spacial score (nSPS) is 47.5. The minimum absolute atomic E-state index is 0. The fraction of sp³-hybridized carbons (Fsp3) is 0.900. The minimum atomic E-state index is 0. The van der Waals surface area contributed by atoms with Crippen LogP contribution in [0.3, 0.4) is 0 Å². The first-order valence-electron chi connectivity index (χ1n) is 4.73. The van der Waals surface area contributed by atoms with Gasteiger partial charge in [0, 0.05) is 0 Å². The van der Waals surface area contributed by atoms with Crippen LogP contribution in [0.1, 0.15) is 38.5 Å². The van der Waals surface area contributed by atoms with Crippen LogP contribution in [-0.4, -0.2) is 17.4 Å². The Bertz CT molecular complexity index is 96.4. The third-order valence-corrected chi connectivity index (χ3v) is 3.73. The summed E-state index contributed by atoms with van der Waals surface area (Å²) in [5, 5.41) is 0. The summed E-state index contributed by atoms with van der Waals surface area (Å²) >= 11 is 0. The van der Waals surface area contributed by atoms with Crippen LogP contribution in [0.2, 0.25) is 0 Å². The predicted molar refractivity (Wildman–Crippen MR) is 51.4 cm³/mol. The topological polar surface area (TPSA) is 0 Å². The van der Waals surface area contributed by atoms with Crippen LogP contribution in [0.5, 0.6) is 0 Å². The maximum Gasteiger partial charge on any atom is 0.187 e. The van der Waals surface area contributed by atoms with Gasteiger partial charge in [-0.15, -0.1) is 0 Å². The summed E-state index contributed by atoms with van der Waals surface area (Å²) in [7, 11) is 0. The van der Waals surface area contributed by atoms with Crippen molar-refractivity contribution >= 4 is 17.4 Å². The molecule has 4 aliphatic rings. The second-order valence-electron chi connectivity index (χ2n) is 4.67. The average molecular weight is 165 g/mol. The van der Waals surface area contributed by atoms with Crippen molar-refractivity contribution in [3.05, 3.63) is 5.92 Å². The van der Waals surface area contributed by atoms with Crippen LogP contribution in [0.4, 0.5) is 0 Å². The van der Waals surface area contributed by atoms with Crippen LogP contribution < -0.4 is 0 Å². The molecule has 0 aromatic carbocycles. The first kappa shape index (κ1) is 8.15. The molecule has 0 atom stereocenters. The maximum absolute atomic E-state index is 1.93. The zero-order valence-corrected chi connectivity index (χ0v) is 6.47. The molecule has 4 fully saturated rings. The lowest BCUT2D eigenvalue weighted by molar-refractivity contribution is 0.0920. The van der Waals surface area contributed by atoms with Gasteiger partial charge in [-0.1, -0.05) is 0 Å². The quantitative estimate of drug-likeness (QED) is 0.478. The lowest BCUT2D eigenvalue weighted by Gasteiger charge is -2.49. The highest BCUT2D eigenvalue weighted by Gasteiger charge is 2.42. The molecule has 4 rings (SSSR count). The summed E-state index contributed by atoms with van der Waals surface area (Å²) in [4.78, 5) is 0. The van der Waals surface area contributed by atoms with Crippen LogP contribution in [-0.2, 0) is 0 Å². The molecule has 1 radical (unpaired) electrons. The van der Waals surface area contributed by atoms with Crippen LogP contribution in [0.25, 0.3) is 0 Å². The molecule has 11 heavy (non-hydrogen) atoms. The Morgan fingerprint density at radius 3 is 1.36 bits per heavy atom. The van der Waals surface area contributed by atoms with Crippen molar-refractivity contribution in [2.24, 2.45) is 17.8 Å². The first-order valence-corrected chi connectivity index (χ1v) is 4.73. The van der Waals surface area contributed by atoms with Crippen LogP contribution in [0, 0.1) is 23.7 Å². The van der Waals surface area contributed by atoms with Gasteiger partial charge in [0.15, 0.2) is 17.4 Å². The Morgan fingerprint density at radius 1 is 0.727 bits per heavy atom. The summed E-state index contributed by atoms with van der Waals surface area (Å²) in [5.74, 6) is 5.35. The van der Waals surface area contributed by atoms with E-state index >= 15 is 0 Å². The van der Waals surface area contributed by atoms with Gasteiger partial charge in [-0.3, -0.25) is 0 Å². The molecule has 0 aliphatic heterocycles. The van der Waals surface area contributed by atoms with E-state index in [0.29, 0.717) is 0 Å². The molecule has 1 heteroatoms. The maximum atomic E-state index is 1.93. The summed E-state index contributed by atoms with van der Waals surface area (Å²) in [5.41, 5.74) is 0. The van der Waals surface area contributed by atoms with Gasteiger partial charge in [-0.05, 0) is 62.2 Å². The van der Waals surface area contributed by atoms with Gasteiger partial charge in [-0.25, -0.2) is 0 Å². The Labute approximate surface area is 79.9 Å². The third-order valence-electron chi connectivity index (χ3n) is 3.73. The SMILES string of the molecule is C1[C]2CC3CC1CC(C2)C3.[AlH3]. The van der Waals surface area contributed by atoms with E-state index in [0.717, 1.165) is 17.8 Å². The predicted octanol–water partition coefficient (Wildman–Crippen LogP) is 1.61. The van der Waals surface area contributed by atoms with Crippen LogP contribution in [0.15, 0.2) is 0 Å².